The van der Waals surface area contributed by atoms with Crippen molar-refractivity contribution in [2.45, 2.75) is 12.6 Å². The highest BCUT2D eigenvalue weighted by atomic mass is 19.4. The topological polar surface area (TPSA) is 41.8 Å². The van der Waals surface area contributed by atoms with Crippen LogP contribution in [0.2, 0.25) is 0 Å². The third-order valence-electron chi connectivity index (χ3n) is 1.98. The maximum absolute atomic E-state index is 12.2. The highest BCUT2D eigenvalue weighted by Gasteiger charge is 2.36. The second-order valence-electron chi connectivity index (χ2n) is 3.07. The lowest BCUT2D eigenvalue weighted by atomic mass is 10.1. The molecule has 0 atom stereocenters. The zero-order valence-electron chi connectivity index (χ0n) is 8.45. The number of hydrogen-bond donors (Lipinski definition) is 1. The van der Waals surface area contributed by atoms with Crippen LogP contribution in [0.1, 0.15) is 5.56 Å². The monoisotopic (exact) mass is 233 g/mol. The Morgan fingerprint density at radius 3 is 2.25 bits per heavy atom. The van der Waals surface area contributed by atoms with Crippen LogP contribution in [0.15, 0.2) is 29.4 Å². The number of rotatable bonds is 3. The van der Waals surface area contributed by atoms with Gasteiger partial charge < -0.3 is 9.94 Å². The Morgan fingerprint density at radius 2 is 1.88 bits per heavy atom. The zero-order valence-corrected chi connectivity index (χ0v) is 8.45. The van der Waals surface area contributed by atoms with Gasteiger partial charge in [-0.1, -0.05) is 17.3 Å². The number of alkyl halides is 3. The van der Waals surface area contributed by atoms with Crippen LogP contribution in [0.3, 0.4) is 0 Å². The number of ether oxygens (including phenoxy) is 1. The summed E-state index contributed by atoms with van der Waals surface area (Å²) in [5, 5.41) is 10.5. The van der Waals surface area contributed by atoms with Gasteiger partial charge in [0.05, 0.1) is 7.11 Å². The first kappa shape index (κ1) is 12.4. The Kier molecular flexibility index (Phi) is 3.76. The molecule has 0 spiro atoms. The molecule has 1 aromatic carbocycles. The summed E-state index contributed by atoms with van der Waals surface area (Å²) in [6.07, 6.45) is -5.08. The maximum atomic E-state index is 12.2. The predicted octanol–water partition coefficient (Wildman–Crippen LogP) is 2.63. The van der Waals surface area contributed by atoms with E-state index in [0.29, 0.717) is 11.3 Å². The van der Waals surface area contributed by atoms with Crippen molar-refractivity contribution in [3.05, 3.63) is 29.8 Å². The highest BCUT2D eigenvalue weighted by Crippen LogP contribution is 2.21. The van der Waals surface area contributed by atoms with E-state index in [1.54, 1.807) is 12.1 Å². The van der Waals surface area contributed by atoms with E-state index < -0.39 is 18.3 Å². The third kappa shape index (κ3) is 3.15. The molecule has 88 valence electrons. The Labute approximate surface area is 90.1 Å². The van der Waals surface area contributed by atoms with E-state index in [-0.39, 0.29) is 0 Å². The van der Waals surface area contributed by atoms with Crippen molar-refractivity contribution < 1.29 is 23.1 Å². The van der Waals surface area contributed by atoms with Crippen LogP contribution in [0.5, 0.6) is 5.75 Å². The minimum absolute atomic E-state index is 0.394. The second kappa shape index (κ2) is 4.87. The summed E-state index contributed by atoms with van der Waals surface area (Å²) in [6, 6.07) is 6.05. The van der Waals surface area contributed by atoms with Crippen LogP contribution in [0.25, 0.3) is 0 Å². The molecule has 0 aliphatic rings. The van der Waals surface area contributed by atoms with Gasteiger partial charge in [0, 0.05) is 6.42 Å². The van der Waals surface area contributed by atoms with E-state index in [0.717, 1.165) is 0 Å². The summed E-state index contributed by atoms with van der Waals surface area (Å²) in [4.78, 5) is 0. The van der Waals surface area contributed by atoms with E-state index in [2.05, 4.69) is 5.16 Å². The average molecular weight is 233 g/mol. The van der Waals surface area contributed by atoms with Crippen molar-refractivity contribution >= 4 is 5.71 Å². The van der Waals surface area contributed by atoms with E-state index >= 15 is 0 Å². The molecule has 0 aliphatic carbocycles. The minimum Gasteiger partial charge on any atom is -0.497 e. The van der Waals surface area contributed by atoms with Crippen molar-refractivity contribution in [2.24, 2.45) is 5.16 Å². The fourth-order valence-electron chi connectivity index (χ4n) is 1.13. The molecule has 0 unspecified atom stereocenters. The van der Waals surface area contributed by atoms with Gasteiger partial charge >= 0.3 is 6.18 Å². The van der Waals surface area contributed by atoms with E-state index in [1.807, 2.05) is 0 Å². The SMILES string of the molecule is COc1ccc(CC(=NO)C(F)(F)F)cc1. The molecular weight excluding hydrogens is 223 g/mol. The Hall–Kier alpha value is -1.72. The van der Waals surface area contributed by atoms with Gasteiger partial charge in [0.2, 0.25) is 0 Å². The van der Waals surface area contributed by atoms with Crippen molar-refractivity contribution in [2.75, 3.05) is 7.11 Å². The van der Waals surface area contributed by atoms with E-state index in [1.165, 1.54) is 19.2 Å². The predicted molar refractivity (Wildman–Crippen MR) is 52.0 cm³/mol. The Balaban J connectivity index is 2.80. The molecule has 16 heavy (non-hydrogen) atoms. The van der Waals surface area contributed by atoms with Crippen molar-refractivity contribution in [3.8, 4) is 5.75 Å². The largest absolute Gasteiger partial charge is 0.497 e. The number of oxime groups is 1. The molecule has 0 aromatic heterocycles. The quantitative estimate of drug-likeness (QED) is 0.495. The molecule has 1 N–H and O–H groups in total. The first-order chi connectivity index (χ1) is 7.47. The maximum Gasteiger partial charge on any atom is 0.433 e. The first-order valence-corrected chi connectivity index (χ1v) is 4.38. The lowest BCUT2D eigenvalue weighted by Gasteiger charge is -2.08. The fourth-order valence-corrected chi connectivity index (χ4v) is 1.13. The molecular formula is C10H10F3NO2. The van der Waals surface area contributed by atoms with Crippen LogP contribution in [0.4, 0.5) is 13.2 Å². The van der Waals surface area contributed by atoms with Gasteiger partial charge in [-0.05, 0) is 17.7 Å². The minimum atomic E-state index is -4.62. The molecule has 0 amide bonds. The molecule has 0 radical (unpaired) electrons. The molecule has 1 aromatic rings. The summed E-state index contributed by atoms with van der Waals surface area (Å²) in [6.45, 7) is 0. The number of methoxy groups -OCH3 is 1. The van der Waals surface area contributed by atoms with Gasteiger partial charge in [-0.2, -0.15) is 13.2 Å². The second-order valence-corrected chi connectivity index (χ2v) is 3.07. The normalized spacial score (nSPS) is 12.6. The first-order valence-electron chi connectivity index (χ1n) is 4.38. The molecule has 1 rings (SSSR count). The standard InChI is InChI=1S/C10H10F3NO2/c1-16-8-4-2-7(3-5-8)6-9(14-15)10(11,12)13/h2-5,15H,6H2,1H3. The molecule has 0 fully saturated rings. The summed E-state index contributed by atoms with van der Waals surface area (Å²) >= 11 is 0. The van der Waals surface area contributed by atoms with Gasteiger partial charge in [0.25, 0.3) is 0 Å². The third-order valence-corrected chi connectivity index (χ3v) is 1.98. The molecule has 6 heteroatoms. The van der Waals surface area contributed by atoms with Gasteiger partial charge in [-0.3, -0.25) is 0 Å². The average Bonchev–Trinajstić information content (AvgIpc) is 2.25. The van der Waals surface area contributed by atoms with Gasteiger partial charge in [-0.25, -0.2) is 0 Å². The summed E-state index contributed by atoms with van der Waals surface area (Å²) in [5.41, 5.74) is -0.830. The summed E-state index contributed by atoms with van der Waals surface area (Å²) in [5.74, 6) is 0.554. The van der Waals surface area contributed by atoms with Crippen molar-refractivity contribution in [1.29, 1.82) is 0 Å². The van der Waals surface area contributed by atoms with Crippen LogP contribution < -0.4 is 4.74 Å². The number of halogens is 3. The molecule has 3 nitrogen and oxygen atoms in total. The number of nitrogens with zero attached hydrogens (tertiary/aromatic N) is 1. The van der Waals surface area contributed by atoms with Crippen molar-refractivity contribution in [3.63, 3.8) is 0 Å². The van der Waals surface area contributed by atoms with Crippen LogP contribution in [0, 0.1) is 0 Å². The van der Waals surface area contributed by atoms with E-state index in [9.17, 15) is 13.2 Å². The number of hydrogen-bond acceptors (Lipinski definition) is 3. The molecule has 0 heterocycles. The summed E-state index contributed by atoms with van der Waals surface area (Å²) in [7, 11) is 1.46. The van der Waals surface area contributed by atoms with Gasteiger partial charge in [0.1, 0.15) is 5.75 Å². The lowest BCUT2D eigenvalue weighted by Crippen LogP contribution is -2.25. The fraction of sp³-hybridized carbons (Fsp3) is 0.300. The molecule has 0 bridgehead atoms. The molecule has 0 saturated heterocycles. The Morgan fingerprint density at radius 1 is 1.31 bits per heavy atom. The van der Waals surface area contributed by atoms with Crippen molar-refractivity contribution in [1.82, 2.24) is 0 Å². The Bertz CT molecular complexity index is 371. The van der Waals surface area contributed by atoms with Crippen LogP contribution >= 0.6 is 0 Å². The highest BCUT2D eigenvalue weighted by molar-refractivity contribution is 5.91. The molecule has 0 saturated carbocycles. The number of benzene rings is 1. The van der Waals surface area contributed by atoms with Crippen LogP contribution in [-0.4, -0.2) is 24.2 Å². The van der Waals surface area contributed by atoms with E-state index in [4.69, 9.17) is 9.94 Å². The van der Waals surface area contributed by atoms with Crippen LogP contribution in [-0.2, 0) is 6.42 Å². The molecule has 0 aliphatic heterocycles. The summed E-state index contributed by atoms with van der Waals surface area (Å²) < 4.78 is 41.6. The van der Waals surface area contributed by atoms with Gasteiger partial charge in [0.15, 0.2) is 5.71 Å². The zero-order chi connectivity index (χ0) is 12.2. The lowest BCUT2D eigenvalue weighted by molar-refractivity contribution is -0.0622. The smallest absolute Gasteiger partial charge is 0.433 e. The van der Waals surface area contributed by atoms with Gasteiger partial charge in [-0.15, -0.1) is 0 Å².